The second kappa shape index (κ2) is 8.52. The average Bonchev–Trinajstić information content (AvgIpc) is 2.32. The van der Waals surface area contributed by atoms with Gasteiger partial charge >= 0.3 is 0 Å². The van der Waals surface area contributed by atoms with Gasteiger partial charge in [-0.15, -0.1) is 0 Å². The summed E-state index contributed by atoms with van der Waals surface area (Å²) >= 11 is 5.97. The highest BCUT2D eigenvalue weighted by Gasteiger charge is 2.00. The van der Waals surface area contributed by atoms with Gasteiger partial charge in [-0.3, -0.25) is 0 Å². The molecule has 1 aromatic rings. The Kier molecular flexibility index (Phi) is 7.33. The highest BCUT2D eigenvalue weighted by Crippen LogP contribution is 2.11. The topological polar surface area (TPSA) is 15.3 Å². The van der Waals surface area contributed by atoms with Crippen molar-refractivity contribution < 1.29 is 0 Å². The Bertz CT molecular complexity index is 339. The van der Waals surface area contributed by atoms with E-state index in [1.165, 1.54) is 5.56 Å². The minimum atomic E-state index is 0.724. The molecule has 1 rings (SSSR count). The van der Waals surface area contributed by atoms with Gasteiger partial charge in [-0.1, -0.05) is 37.6 Å². The lowest BCUT2D eigenvalue weighted by Crippen LogP contribution is -2.32. The number of benzene rings is 1. The zero-order chi connectivity index (χ0) is 13.4. The fourth-order valence-electron chi connectivity index (χ4n) is 1.78. The SMILES string of the molecule is CC(C)CNCCN(C)CCc1cccc(Cl)c1. The van der Waals surface area contributed by atoms with Gasteiger partial charge in [0, 0.05) is 24.7 Å². The molecule has 0 aliphatic carbocycles. The van der Waals surface area contributed by atoms with Crippen LogP contribution in [0.15, 0.2) is 24.3 Å². The number of likely N-dealkylation sites (N-methyl/N-ethyl adjacent to an activating group) is 1. The van der Waals surface area contributed by atoms with Crippen LogP contribution >= 0.6 is 11.6 Å². The van der Waals surface area contributed by atoms with E-state index in [1.54, 1.807) is 0 Å². The zero-order valence-corrected chi connectivity index (χ0v) is 12.5. The summed E-state index contributed by atoms with van der Waals surface area (Å²) in [4.78, 5) is 2.36. The molecule has 3 heteroatoms. The lowest BCUT2D eigenvalue weighted by Gasteiger charge is -2.17. The standard InChI is InChI=1S/C15H25ClN2/c1-13(2)12-17-8-10-18(3)9-7-14-5-4-6-15(16)11-14/h4-6,11,13,17H,7-10,12H2,1-3H3. The molecular weight excluding hydrogens is 244 g/mol. The van der Waals surface area contributed by atoms with Crippen molar-refractivity contribution >= 4 is 11.6 Å². The number of nitrogens with zero attached hydrogens (tertiary/aromatic N) is 1. The fourth-order valence-corrected chi connectivity index (χ4v) is 2.00. The molecule has 0 unspecified atom stereocenters. The molecule has 102 valence electrons. The smallest absolute Gasteiger partial charge is 0.0408 e. The molecule has 2 nitrogen and oxygen atoms in total. The van der Waals surface area contributed by atoms with Gasteiger partial charge in [0.2, 0.25) is 0 Å². The van der Waals surface area contributed by atoms with Gasteiger partial charge in [-0.25, -0.2) is 0 Å². The van der Waals surface area contributed by atoms with Gasteiger partial charge < -0.3 is 10.2 Å². The summed E-state index contributed by atoms with van der Waals surface area (Å²) < 4.78 is 0. The maximum Gasteiger partial charge on any atom is 0.0408 e. The number of hydrogen-bond donors (Lipinski definition) is 1. The Morgan fingerprint density at radius 2 is 2.06 bits per heavy atom. The molecule has 0 atom stereocenters. The average molecular weight is 269 g/mol. The second-order valence-electron chi connectivity index (χ2n) is 5.28. The van der Waals surface area contributed by atoms with Crippen molar-refractivity contribution in [3.05, 3.63) is 34.9 Å². The third-order valence-corrected chi connectivity index (χ3v) is 3.13. The first kappa shape index (κ1) is 15.5. The molecule has 0 amide bonds. The highest BCUT2D eigenvalue weighted by molar-refractivity contribution is 6.30. The van der Waals surface area contributed by atoms with Gasteiger partial charge in [-0.05, 0) is 43.6 Å². The van der Waals surface area contributed by atoms with E-state index < -0.39 is 0 Å². The summed E-state index contributed by atoms with van der Waals surface area (Å²) in [5.41, 5.74) is 1.31. The van der Waals surface area contributed by atoms with Crippen LogP contribution in [0.4, 0.5) is 0 Å². The van der Waals surface area contributed by atoms with Crippen molar-refractivity contribution in [1.29, 1.82) is 0 Å². The molecule has 18 heavy (non-hydrogen) atoms. The van der Waals surface area contributed by atoms with Crippen LogP contribution in [0.2, 0.25) is 5.02 Å². The van der Waals surface area contributed by atoms with E-state index in [0.29, 0.717) is 0 Å². The van der Waals surface area contributed by atoms with E-state index in [2.05, 4.69) is 37.2 Å². The molecule has 0 aliphatic rings. The summed E-state index contributed by atoms with van der Waals surface area (Å²) in [6, 6.07) is 8.12. The second-order valence-corrected chi connectivity index (χ2v) is 5.72. The Morgan fingerprint density at radius 1 is 1.28 bits per heavy atom. The van der Waals surface area contributed by atoms with Crippen LogP contribution in [-0.2, 0) is 6.42 Å². The van der Waals surface area contributed by atoms with Gasteiger partial charge in [-0.2, -0.15) is 0 Å². The summed E-state index contributed by atoms with van der Waals surface area (Å²) in [6.07, 6.45) is 1.06. The molecule has 0 fully saturated rings. The Labute approximate surface area is 116 Å². The van der Waals surface area contributed by atoms with Crippen LogP contribution in [-0.4, -0.2) is 38.1 Å². The molecule has 0 heterocycles. The van der Waals surface area contributed by atoms with Crippen molar-refractivity contribution in [3.8, 4) is 0 Å². The number of rotatable bonds is 8. The molecule has 0 saturated heterocycles. The first-order valence-electron chi connectivity index (χ1n) is 6.71. The lowest BCUT2D eigenvalue weighted by molar-refractivity contribution is 0.332. The third kappa shape index (κ3) is 7.00. The quantitative estimate of drug-likeness (QED) is 0.729. The van der Waals surface area contributed by atoms with Crippen molar-refractivity contribution in [3.63, 3.8) is 0 Å². The predicted octanol–water partition coefficient (Wildman–Crippen LogP) is 3.06. The first-order valence-corrected chi connectivity index (χ1v) is 7.09. The molecule has 0 aromatic heterocycles. The molecule has 1 N–H and O–H groups in total. The van der Waals surface area contributed by atoms with E-state index >= 15 is 0 Å². The monoisotopic (exact) mass is 268 g/mol. The predicted molar refractivity (Wildman–Crippen MR) is 80.4 cm³/mol. The normalized spacial score (nSPS) is 11.4. The van der Waals surface area contributed by atoms with Crippen molar-refractivity contribution in [1.82, 2.24) is 10.2 Å². The zero-order valence-electron chi connectivity index (χ0n) is 11.7. The minimum Gasteiger partial charge on any atom is -0.315 e. The Balaban J connectivity index is 2.15. The van der Waals surface area contributed by atoms with Crippen LogP contribution in [0.1, 0.15) is 19.4 Å². The Morgan fingerprint density at radius 3 is 2.72 bits per heavy atom. The first-order chi connectivity index (χ1) is 8.58. The molecule has 0 spiro atoms. The molecule has 0 radical (unpaired) electrons. The van der Waals surface area contributed by atoms with Gasteiger partial charge in [0.1, 0.15) is 0 Å². The lowest BCUT2D eigenvalue weighted by atomic mass is 10.1. The molecule has 1 aromatic carbocycles. The summed E-state index contributed by atoms with van der Waals surface area (Å²) in [6.45, 7) is 8.79. The van der Waals surface area contributed by atoms with E-state index in [9.17, 15) is 0 Å². The fraction of sp³-hybridized carbons (Fsp3) is 0.600. The van der Waals surface area contributed by atoms with Gasteiger partial charge in [0.25, 0.3) is 0 Å². The summed E-state index contributed by atoms with van der Waals surface area (Å²) in [7, 11) is 2.17. The van der Waals surface area contributed by atoms with Crippen LogP contribution < -0.4 is 5.32 Å². The van der Waals surface area contributed by atoms with Crippen LogP contribution in [0.5, 0.6) is 0 Å². The largest absolute Gasteiger partial charge is 0.315 e. The van der Waals surface area contributed by atoms with E-state index in [-0.39, 0.29) is 0 Å². The molecule has 0 saturated carbocycles. The van der Waals surface area contributed by atoms with Crippen LogP contribution in [0.3, 0.4) is 0 Å². The minimum absolute atomic E-state index is 0.724. The van der Waals surface area contributed by atoms with Crippen molar-refractivity contribution in [2.24, 2.45) is 5.92 Å². The maximum atomic E-state index is 5.97. The van der Waals surface area contributed by atoms with Crippen molar-refractivity contribution in [2.45, 2.75) is 20.3 Å². The number of halogens is 1. The highest BCUT2D eigenvalue weighted by atomic mass is 35.5. The third-order valence-electron chi connectivity index (χ3n) is 2.89. The van der Waals surface area contributed by atoms with E-state index in [1.807, 2.05) is 18.2 Å². The van der Waals surface area contributed by atoms with Gasteiger partial charge in [0.05, 0.1) is 0 Å². The van der Waals surface area contributed by atoms with Crippen LogP contribution in [0.25, 0.3) is 0 Å². The Hall–Kier alpha value is -0.570. The number of nitrogens with one attached hydrogen (secondary N) is 1. The maximum absolute atomic E-state index is 5.97. The molecule has 0 aliphatic heterocycles. The van der Waals surface area contributed by atoms with E-state index in [4.69, 9.17) is 11.6 Å². The van der Waals surface area contributed by atoms with E-state index in [0.717, 1.165) is 43.5 Å². The molecule has 0 bridgehead atoms. The number of hydrogen-bond acceptors (Lipinski definition) is 2. The van der Waals surface area contributed by atoms with Crippen molar-refractivity contribution in [2.75, 3.05) is 33.2 Å². The van der Waals surface area contributed by atoms with Gasteiger partial charge in [0.15, 0.2) is 0 Å². The van der Waals surface area contributed by atoms with Crippen LogP contribution in [0, 0.1) is 5.92 Å². The summed E-state index contributed by atoms with van der Waals surface area (Å²) in [5, 5.41) is 4.29. The summed E-state index contributed by atoms with van der Waals surface area (Å²) in [5.74, 6) is 0.724. The molecular formula is C15H25ClN2.